The Morgan fingerprint density at radius 1 is 1.10 bits per heavy atom. The lowest BCUT2D eigenvalue weighted by Crippen LogP contribution is -2.48. The monoisotopic (exact) mass is 454 g/mol. The maximum absolute atomic E-state index is 12.9. The van der Waals surface area contributed by atoms with Gasteiger partial charge in [-0.15, -0.1) is 0 Å². The van der Waals surface area contributed by atoms with Crippen molar-refractivity contribution in [2.24, 2.45) is 0 Å². The minimum absolute atomic E-state index is 0.0307. The number of amides is 4. The number of benzene rings is 2. The number of aromatic nitrogens is 1. The molecule has 8 heteroatoms. The zero-order chi connectivity index (χ0) is 20.8. The fourth-order valence-electron chi connectivity index (χ4n) is 3.60. The molecule has 4 amide bonds. The van der Waals surface area contributed by atoms with E-state index in [9.17, 15) is 14.4 Å². The number of carbonyl (C=O) groups is 3. The molecule has 1 saturated heterocycles. The van der Waals surface area contributed by atoms with Crippen LogP contribution < -0.4 is 10.7 Å². The molecule has 0 spiro atoms. The third-order valence-corrected chi connectivity index (χ3v) is 6.24. The largest absolute Gasteiger partial charge is 0.344 e. The van der Waals surface area contributed by atoms with Crippen molar-refractivity contribution >= 4 is 44.7 Å². The minimum Gasteiger partial charge on any atom is -0.334 e. The Morgan fingerprint density at radius 2 is 1.76 bits per heavy atom. The smallest absolute Gasteiger partial charge is 0.334 e. The van der Waals surface area contributed by atoms with Gasteiger partial charge in [0.05, 0.1) is 0 Å². The zero-order valence-electron chi connectivity index (χ0n) is 15.9. The third-order valence-electron chi connectivity index (χ3n) is 5.23. The van der Waals surface area contributed by atoms with E-state index in [4.69, 9.17) is 0 Å². The molecule has 7 nitrogen and oxygen atoms in total. The number of nitrogens with one attached hydrogen (secondary N) is 2. The van der Waals surface area contributed by atoms with Gasteiger partial charge in [-0.25, -0.2) is 4.79 Å². The van der Waals surface area contributed by atoms with Crippen molar-refractivity contribution in [1.82, 2.24) is 20.3 Å². The molecule has 1 aliphatic rings. The topological polar surface area (TPSA) is 83.4 Å². The molecule has 4 rings (SSSR count). The van der Waals surface area contributed by atoms with Crippen molar-refractivity contribution in [2.45, 2.75) is 25.9 Å². The van der Waals surface area contributed by atoms with E-state index in [2.05, 4.69) is 26.7 Å². The van der Waals surface area contributed by atoms with Crippen molar-refractivity contribution in [3.8, 4) is 0 Å². The summed E-state index contributed by atoms with van der Waals surface area (Å²) in [6.07, 6.45) is 0. The molecule has 2 aromatic carbocycles. The van der Waals surface area contributed by atoms with Crippen LogP contribution in [0, 0.1) is 6.92 Å². The Labute approximate surface area is 175 Å². The van der Waals surface area contributed by atoms with E-state index >= 15 is 0 Å². The van der Waals surface area contributed by atoms with E-state index in [0.29, 0.717) is 5.56 Å². The normalized spacial score (nSPS) is 18.9. The number of hydrazine groups is 1. The minimum atomic E-state index is -1.23. The molecule has 1 aliphatic heterocycles. The first kappa shape index (κ1) is 19.2. The number of nitrogens with zero attached hydrogens (tertiary/aromatic N) is 2. The van der Waals surface area contributed by atoms with Crippen molar-refractivity contribution in [3.05, 3.63) is 70.3 Å². The van der Waals surface area contributed by atoms with Gasteiger partial charge in [-0.3, -0.25) is 15.0 Å². The van der Waals surface area contributed by atoms with E-state index in [1.165, 1.54) is 0 Å². The summed E-state index contributed by atoms with van der Waals surface area (Å²) in [6.45, 7) is 3.49. The predicted molar refractivity (Wildman–Crippen MR) is 112 cm³/mol. The van der Waals surface area contributed by atoms with Gasteiger partial charge in [-0.05, 0) is 41.4 Å². The number of urea groups is 1. The van der Waals surface area contributed by atoms with Gasteiger partial charge in [0.25, 0.3) is 11.8 Å². The molecule has 1 unspecified atom stereocenters. The molecular weight excluding hydrogens is 436 g/mol. The number of carbonyl (C=O) groups excluding carboxylic acids is 3. The molecule has 1 aromatic heterocycles. The maximum Gasteiger partial charge on any atom is 0.344 e. The summed E-state index contributed by atoms with van der Waals surface area (Å²) in [4.78, 5) is 38.0. The molecule has 1 atom stereocenters. The quantitative estimate of drug-likeness (QED) is 0.593. The predicted octanol–water partition coefficient (Wildman–Crippen LogP) is 3.21. The Balaban J connectivity index is 1.56. The second kappa shape index (κ2) is 7.04. The summed E-state index contributed by atoms with van der Waals surface area (Å²) in [5.41, 5.74) is 3.63. The van der Waals surface area contributed by atoms with Crippen molar-refractivity contribution in [3.63, 3.8) is 0 Å². The molecule has 0 bridgehead atoms. The van der Waals surface area contributed by atoms with Crippen LogP contribution >= 0.6 is 15.9 Å². The van der Waals surface area contributed by atoms with E-state index in [1.54, 1.807) is 31.2 Å². The molecule has 148 valence electrons. The number of para-hydroxylation sites is 1. The van der Waals surface area contributed by atoms with Crippen LogP contribution in [-0.4, -0.2) is 27.4 Å². The molecule has 1 fully saturated rings. The molecule has 2 N–H and O–H groups in total. The summed E-state index contributed by atoms with van der Waals surface area (Å²) in [5.74, 6) is -1.00. The summed E-state index contributed by atoms with van der Waals surface area (Å²) in [5, 5.41) is 4.41. The third kappa shape index (κ3) is 3.09. The molecule has 3 aromatic rings. The number of hydrogen-bond acceptors (Lipinski definition) is 3. The SMILES string of the molecule is Cc1c(Br)c2ccccc2n1CC(=O)NN1C(=O)NC(C)(c2ccccc2)C1=O. The van der Waals surface area contributed by atoms with E-state index in [0.717, 1.165) is 26.1 Å². The Morgan fingerprint density at radius 3 is 2.48 bits per heavy atom. The Hall–Kier alpha value is -3.13. The highest BCUT2D eigenvalue weighted by molar-refractivity contribution is 9.10. The summed E-state index contributed by atoms with van der Waals surface area (Å²) in [6, 6.07) is 16.0. The fourth-order valence-corrected chi connectivity index (χ4v) is 4.15. The van der Waals surface area contributed by atoms with Crippen LogP contribution in [0.2, 0.25) is 0 Å². The molecular formula is C21H19BrN4O3. The number of halogens is 1. The van der Waals surface area contributed by atoms with Crippen LogP contribution in [0.15, 0.2) is 59.1 Å². The van der Waals surface area contributed by atoms with Gasteiger partial charge in [0.15, 0.2) is 0 Å². The summed E-state index contributed by atoms with van der Waals surface area (Å²) < 4.78 is 2.75. The molecule has 0 radical (unpaired) electrons. The molecule has 0 aliphatic carbocycles. The highest BCUT2D eigenvalue weighted by atomic mass is 79.9. The average Bonchev–Trinajstić information content (AvgIpc) is 3.09. The van der Waals surface area contributed by atoms with E-state index < -0.39 is 23.4 Å². The number of hydrogen-bond donors (Lipinski definition) is 2. The van der Waals surface area contributed by atoms with Crippen LogP contribution in [0.5, 0.6) is 0 Å². The Bertz CT molecular complexity index is 1140. The van der Waals surface area contributed by atoms with Crippen molar-refractivity contribution in [2.75, 3.05) is 0 Å². The number of imide groups is 1. The highest BCUT2D eigenvalue weighted by Gasteiger charge is 2.49. The Kier molecular flexibility index (Phi) is 4.66. The molecule has 2 heterocycles. The van der Waals surface area contributed by atoms with Gasteiger partial charge < -0.3 is 9.88 Å². The van der Waals surface area contributed by atoms with Crippen LogP contribution in [0.25, 0.3) is 10.9 Å². The first-order valence-corrected chi connectivity index (χ1v) is 9.87. The van der Waals surface area contributed by atoms with Gasteiger partial charge in [0.2, 0.25) is 0 Å². The lowest BCUT2D eigenvalue weighted by atomic mass is 9.92. The van der Waals surface area contributed by atoms with Crippen LogP contribution in [-0.2, 0) is 21.7 Å². The highest BCUT2D eigenvalue weighted by Crippen LogP contribution is 2.31. The average molecular weight is 455 g/mol. The second-order valence-electron chi connectivity index (χ2n) is 7.10. The zero-order valence-corrected chi connectivity index (χ0v) is 17.5. The van der Waals surface area contributed by atoms with Crippen LogP contribution in [0.1, 0.15) is 18.2 Å². The van der Waals surface area contributed by atoms with Crippen LogP contribution in [0.3, 0.4) is 0 Å². The standard InChI is InChI=1S/C21H19BrN4O3/c1-13-18(22)15-10-6-7-11-16(15)25(13)12-17(27)24-26-19(28)21(2,23-20(26)29)14-8-4-3-5-9-14/h3-11H,12H2,1-2H3,(H,23,29)(H,24,27). The van der Waals surface area contributed by atoms with E-state index in [-0.39, 0.29) is 6.54 Å². The van der Waals surface area contributed by atoms with Gasteiger partial charge in [-0.2, -0.15) is 5.01 Å². The molecule has 29 heavy (non-hydrogen) atoms. The molecule has 0 saturated carbocycles. The summed E-state index contributed by atoms with van der Waals surface area (Å²) in [7, 11) is 0. The van der Waals surface area contributed by atoms with Gasteiger partial charge in [0, 0.05) is 21.1 Å². The lowest BCUT2D eigenvalue weighted by molar-refractivity contribution is -0.139. The van der Waals surface area contributed by atoms with Gasteiger partial charge in [-0.1, -0.05) is 48.5 Å². The number of fused-ring (bicyclic) bond motifs is 1. The van der Waals surface area contributed by atoms with Crippen molar-refractivity contribution in [1.29, 1.82) is 0 Å². The fraction of sp³-hybridized carbons (Fsp3) is 0.190. The van der Waals surface area contributed by atoms with Gasteiger partial charge in [0.1, 0.15) is 12.1 Å². The lowest BCUT2D eigenvalue weighted by Gasteiger charge is -2.22. The first-order chi connectivity index (χ1) is 13.8. The van der Waals surface area contributed by atoms with Crippen molar-refractivity contribution < 1.29 is 14.4 Å². The maximum atomic E-state index is 12.9. The first-order valence-electron chi connectivity index (χ1n) is 9.08. The second-order valence-corrected chi connectivity index (χ2v) is 7.89. The number of rotatable bonds is 4. The van der Waals surface area contributed by atoms with Gasteiger partial charge >= 0.3 is 6.03 Å². The van der Waals surface area contributed by atoms with Crippen LogP contribution in [0.4, 0.5) is 4.79 Å². The summed E-state index contributed by atoms with van der Waals surface area (Å²) >= 11 is 3.56. The van der Waals surface area contributed by atoms with E-state index in [1.807, 2.05) is 41.8 Å².